The molecule has 1 rings (SSSR count). The largest absolute Gasteiger partial charge is 0.396 e. The molecule has 90 valence electrons. The first-order chi connectivity index (χ1) is 7.65. The molecule has 0 radical (unpaired) electrons. The van der Waals surface area contributed by atoms with Crippen LogP contribution in [0.25, 0.3) is 0 Å². The van der Waals surface area contributed by atoms with Crippen LogP contribution in [0.5, 0.6) is 0 Å². The number of hydrogen-bond donors (Lipinski definition) is 2. The topological polar surface area (TPSA) is 32.3 Å². The summed E-state index contributed by atoms with van der Waals surface area (Å²) in [5, 5.41) is 12.6. The van der Waals surface area contributed by atoms with Crippen molar-refractivity contribution in [1.29, 1.82) is 0 Å². The minimum absolute atomic E-state index is 0.0750. The van der Waals surface area contributed by atoms with Crippen LogP contribution in [0.1, 0.15) is 26.7 Å². The van der Waals surface area contributed by atoms with Crippen molar-refractivity contribution in [3.63, 3.8) is 0 Å². The van der Waals surface area contributed by atoms with Gasteiger partial charge in [0.2, 0.25) is 0 Å². The fourth-order valence-corrected chi connectivity index (χ4v) is 1.64. The average Bonchev–Trinajstić information content (AvgIpc) is 2.34. The summed E-state index contributed by atoms with van der Waals surface area (Å²) in [5.74, 6) is -0.232. The van der Waals surface area contributed by atoms with Crippen LogP contribution in [0.15, 0.2) is 24.3 Å². The summed E-state index contributed by atoms with van der Waals surface area (Å²) < 4.78 is 12.7. The Kier molecular flexibility index (Phi) is 4.74. The van der Waals surface area contributed by atoms with Crippen molar-refractivity contribution < 1.29 is 9.50 Å². The normalized spacial score (nSPS) is 11.5. The fourth-order valence-electron chi connectivity index (χ4n) is 1.64. The molecule has 0 atom stereocenters. The maximum Gasteiger partial charge on any atom is 0.123 e. The number of benzene rings is 1. The van der Waals surface area contributed by atoms with Crippen LogP contribution in [0.3, 0.4) is 0 Å². The molecule has 16 heavy (non-hydrogen) atoms. The molecule has 0 aliphatic rings. The quantitative estimate of drug-likeness (QED) is 0.780. The summed E-state index contributed by atoms with van der Waals surface area (Å²) in [6, 6.07) is 6.28. The molecule has 0 fully saturated rings. The van der Waals surface area contributed by atoms with Gasteiger partial charge in [-0.3, -0.25) is 0 Å². The van der Waals surface area contributed by atoms with Crippen LogP contribution in [-0.2, 0) is 0 Å². The van der Waals surface area contributed by atoms with Crippen molar-refractivity contribution in [1.82, 2.24) is 0 Å². The number of anilines is 1. The van der Waals surface area contributed by atoms with Crippen LogP contribution in [0.4, 0.5) is 10.1 Å². The van der Waals surface area contributed by atoms with E-state index in [0.29, 0.717) is 6.54 Å². The van der Waals surface area contributed by atoms with Crippen LogP contribution >= 0.6 is 0 Å². The zero-order valence-corrected chi connectivity index (χ0v) is 9.96. The molecule has 0 aliphatic heterocycles. The van der Waals surface area contributed by atoms with Crippen molar-refractivity contribution in [3.05, 3.63) is 30.1 Å². The Labute approximate surface area is 96.5 Å². The Morgan fingerprint density at radius 3 is 2.19 bits per heavy atom. The zero-order valence-electron chi connectivity index (χ0n) is 9.96. The third-order valence-corrected chi connectivity index (χ3v) is 3.35. The standard InChI is InChI=1S/C13H20FNO/c1-3-13(4-2,10-16)9-15-12-7-5-11(14)6-8-12/h5-8,15-16H,3-4,9-10H2,1-2H3. The van der Waals surface area contributed by atoms with E-state index in [9.17, 15) is 9.50 Å². The second kappa shape index (κ2) is 5.85. The predicted octanol–water partition coefficient (Wildman–Crippen LogP) is 3.04. The average molecular weight is 225 g/mol. The van der Waals surface area contributed by atoms with Crippen LogP contribution in [0.2, 0.25) is 0 Å². The number of halogens is 1. The van der Waals surface area contributed by atoms with E-state index >= 15 is 0 Å². The van der Waals surface area contributed by atoms with Crippen molar-refractivity contribution in [2.24, 2.45) is 5.41 Å². The minimum Gasteiger partial charge on any atom is -0.396 e. The van der Waals surface area contributed by atoms with E-state index in [-0.39, 0.29) is 17.8 Å². The van der Waals surface area contributed by atoms with Crippen molar-refractivity contribution in [2.45, 2.75) is 26.7 Å². The van der Waals surface area contributed by atoms with Gasteiger partial charge in [-0.25, -0.2) is 4.39 Å². The molecular formula is C13H20FNO. The molecule has 1 aromatic rings. The van der Waals surface area contributed by atoms with Crippen LogP contribution < -0.4 is 5.32 Å². The Morgan fingerprint density at radius 1 is 1.19 bits per heavy atom. The summed E-state index contributed by atoms with van der Waals surface area (Å²) in [4.78, 5) is 0. The highest BCUT2D eigenvalue weighted by molar-refractivity contribution is 5.43. The summed E-state index contributed by atoms with van der Waals surface area (Å²) in [5.41, 5.74) is 0.815. The first kappa shape index (κ1) is 13.0. The highest BCUT2D eigenvalue weighted by Gasteiger charge is 2.24. The molecule has 3 heteroatoms. The van der Waals surface area contributed by atoms with Gasteiger partial charge in [0.05, 0.1) is 6.61 Å². The summed E-state index contributed by atoms with van der Waals surface area (Å²) in [6.45, 7) is 5.04. The molecule has 2 N–H and O–H groups in total. The summed E-state index contributed by atoms with van der Waals surface area (Å²) >= 11 is 0. The van der Waals surface area contributed by atoms with Gasteiger partial charge in [-0.1, -0.05) is 13.8 Å². The molecule has 1 aromatic carbocycles. The molecule has 2 nitrogen and oxygen atoms in total. The SMILES string of the molecule is CCC(CC)(CO)CNc1ccc(F)cc1. The summed E-state index contributed by atoms with van der Waals surface area (Å²) in [7, 11) is 0. The van der Waals surface area contributed by atoms with E-state index in [1.807, 2.05) is 0 Å². The van der Waals surface area contributed by atoms with Crippen molar-refractivity contribution in [2.75, 3.05) is 18.5 Å². The van der Waals surface area contributed by atoms with Gasteiger partial charge in [0.15, 0.2) is 0 Å². The van der Waals surface area contributed by atoms with Gasteiger partial charge in [-0.15, -0.1) is 0 Å². The predicted molar refractivity (Wildman–Crippen MR) is 65.0 cm³/mol. The molecule has 0 amide bonds. The monoisotopic (exact) mass is 225 g/mol. The second-order valence-corrected chi connectivity index (χ2v) is 4.23. The molecule has 0 saturated heterocycles. The maximum atomic E-state index is 12.7. The smallest absolute Gasteiger partial charge is 0.123 e. The molecule has 0 aromatic heterocycles. The molecule has 0 saturated carbocycles. The fraction of sp³-hybridized carbons (Fsp3) is 0.538. The Morgan fingerprint density at radius 2 is 1.75 bits per heavy atom. The van der Waals surface area contributed by atoms with Gasteiger partial charge in [-0.05, 0) is 37.1 Å². The zero-order chi connectivity index (χ0) is 12.0. The Balaban J connectivity index is 2.58. The van der Waals surface area contributed by atoms with E-state index < -0.39 is 0 Å². The molecule has 0 aliphatic carbocycles. The number of nitrogens with one attached hydrogen (secondary N) is 1. The van der Waals surface area contributed by atoms with Crippen molar-refractivity contribution >= 4 is 5.69 Å². The maximum absolute atomic E-state index is 12.7. The van der Waals surface area contributed by atoms with Gasteiger partial charge in [0.25, 0.3) is 0 Å². The van der Waals surface area contributed by atoms with Gasteiger partial charge < -0.3 is 10.4 Å². The molecular weight excluding hydrogens is 205 g/mol. The first-order valence-electron chi connectivity index (χ1n) is 5.76. The number of rotatable bonds is 6. The van der Waals surface area contributed by atoms with Crippen molar-refractivity contribution in [3.8, 4) is 0 Å². The number of aliphatic hydroxyl groups is 1. The van der Waals surface area contributed by atoms with Gasteiger partial charge in [-0.2, -0.15) is 0 Å². The molecule has 0 unspecified atom stereocenters. The summed E-state index contributed by atoms with van der Waals surface area (Å²) in [6.07, 6.45) is 1.85. The lowest BCUT2D eigenvalue weighted by atomic mass is 9.83. The molecule has 0 spiro atoms. The van der Waals surface area contributed by atoms with Gasteiger partial charge in [0, 0.05) is 17.6 Å². The Hall–Kier alpha value is -1.09. The lowest BCUT2D eigenvalue weighted by molar-refractivity contribution is 0.127. The number of aliphatic hydroxyl groups excluding tert-OH is 1. The third kappa shape index (κ3) is 3.20. The first-order valence-corrected chi connectivity index (χ1v) is 5.76. The lowest BCUT2D eigenvalue weighted by Gasteiger charge is -2.30. The highest BCUT2D eigenvalue weighted by atomic mass is 19.1. The second-order valence-electron chi connectivity index (χ2n) is 4.23. The lowest BCUT2D eigenvalue weighted by Crippen LogP contribution is -2.32. The molecule has 0 bridgehead atoms. The number of hydrogen-bond acceptors (Lipinski definition) is 2. The van der Waals surface area contributed by atoms with Crippen LogP contribution in [0, 0.1) is 11.2 Å². The minimum atomic E-state index is -0.232. The third-order valence-electron chi connectivity index (χ3n) is 3.35. The van der Waals surface area contributed by atoms with Gasteiger partial charge in [0.1, 0.15) is 5.82 Å². The van der Waals surface area contributed by atoms with Crippen LogP contribution in [-0.4, -0.2) is 18.3 Å². The van der Waals surface area contributed by atoms with E-state index in [0.717, 1.165) is 18.5 Å². The Bertz CT molecular complexity index is 298. The van der Waals surface area contributed by atoms with Gasteiger partial charge >= 0.3 is 0 Å². The van der Waals surface area contributed by atoms with E-state index in [2.05, 4.69) is 19.2 Å². The van der Waals surface area contributed by atoms with E-state index in [4.69, 9.17) is 0 Å². The highest BCUT2D eigenvalue weighted by Crippen LogP contribution is 2.26. The van der Waals surface area contributed by atoms with E-state index in [1.54, 1.807) is 12.1 Å². The van der Waals surface area contributed by atoms with E-state index in [1.165, 1.54) is 12.1 Å². The molecule has 0 heterocycles.